The maximum Gasteiger partial charge on any atom is 0.328 e. The molecule has 1 N–H and O–H groups in total. The molecule has 0 spiro atoms. The summed E-state index contributed by atoms with van der Waals surface area (Å²) in [6.07, 6.45) is 0. The van der Waals surface area contributed by atoms with Crippen LogP contribution >= 0.6 is 46.1 Å². The van der Waals surface area contributed by atoms with Crippen molar-refractivity contribution in [2.24, 2.45) is 5.92 Å². The van der Waals surface area contributed by atoms with Crippen molar-refractivity contribution in [3.63, 3.8) is 0 Å². The fraction of sp³-hybridized carbons (Fsp3) is 0.500. The third kappa shape index (κ3) is 4.01. The highest BCUT2D eigenvalue weighted by Crippen LogP contribution is 2.40. The Hall–Kier alpha value is -0.490. The van der Waals surface area contributed by atoms with Crippen LogP contribution in [0.25, 0.3) is 0 Å². The molecule has 0 aliphatic carbocycles. The summed E-state index contributed by atoms with van der Waals surface area (Å²) < 4.78 is 5.16. The largest absolute Gasteiger partial charge is 0.464 e. The van der Waals surface area contributed by atoms with Crippen LogP contribution in [0.3, 0.4) is 0 Å². The first-order chi connectivity index (χ1) is 9.29. The molecular weight excluding hydrogens is 345 g/mol. The topological polar surface area (TPSA) is 55.4 Å². The van der Waals surface area contributed by atoms with E-state index < -0.39 is 17.9 Å². The van der Waals surface area contributed by atoms with Crippen LogP contribution in [-0.2, 0) is 9.53 Å². The number of esters is 1. The van der Waals surface area contributed by atoms with Gasteiger partial charge in [-0.2, -0.15) is 0 Å². The number of nitrogens with one attached hydrogen (secondary N) is 1. The van der Waals surface area contributed by atoms with Crippen LogP contribution in [0.5, 0.6) is 0 Å². The molecule has 1 rings (SSSR count). The van der Waals surface area contributed by atoms with Crippen molar-refractivity contribution in [1.29, 1.82) is 0 Å². The van der Waals surface area contributed by atoms with Crippen molar-refractivity contribution in [1.82, 2.24) is 5.32 Å². The lowest BCUT2D eigenvalue weighted by Crippen LogP contribution is -2.45. The Morgan fingerprint density at radius 2 is 1.85 bits per heavy atom. The molecule has 112 valence electrons. The molecule has 0 saturated heterocycles. The van der Waals surface area contributed by atoms with Gasteiger partial charge in [0.15, 0.2) is 0 Å². The molecule has 0 unspecified atom stereocenters. The fourth-order valence-electron chi connectivity index (χ4n) is 1.45. The van der Waals surface area contributed by atoms with Crippen molar-refractivity contribution in [3.8, 4) is 0 Å². The van der Waals surface area contributed by atoms with E-state index in [2.05, 4.69) is 5.32 Å². The van der Waals surface area contributed by atoms with Gasteiger partial charge in [0, 0.05) is 0 Å². The molecule has 0 aliphatic heterocycles. The Morgan fingerprint density at radius 3 is 2.25 bits per heavy atom. The van der Waals surface area contributed by atoms with E-state index in [0.29, 0.717) is 0 Å². The zero-order valence-corrected chi connectivity index (χ0v) is 14.2. The first kappa shape index (κ1) is 17.6. The Morgan fingerprint density at radius 1 is 1.25 bits per heavy atom. The summed E-state index contributed by atoms with van der Waals surface area (Å²) in [6.45, 7) is 5.55. The molecule has 1 atom stereocenters. The smallest absolute Gasteiger partial charge is 0.328 e. The SMILES string of the molecule is CCOC(=O)[C@@H](NC(=O)c1sc(Cl)c(Cl)c1Cl)C(C)C. The lowest BCUT2D eigenvalue weighted by Gasteiger charge is -2.20. The molecule has 0 radical (unpaired) electrons. The molecule has 0 bridgehead atoms. The molecule has 0 aromatic carbocycles. The van der Waals surface area contributed by atoms with Crippen molar-refractivity contribution in [2.75, 3.05) is 6.61 Å². The van der Waals surface area contributed by atoms with Gasteiger partial charge in [-0.25, -0.2) is 4.79 Å². The highest BCUT2D eigenvalue weighted by molar-refractivity contribution is 7.19. The number of ether oxygens (including phenoxy) is 1. The predicted octanol–water partition coefficient (Wildman–Crippen LogP) is 4.03. The van der Waals surface area contributed by atoms with E-state index in [4.69, 9.17) is 39.5 Å². The van der Waals surface area contributed by atoms with Gasteiger partial charge in [-0.15, -0.1) is 11.3 Å². The van der Waals surface area contributed by atoms with E-state index >= 15 is 0 Å². The predicted molar refractivity (Wildman–Crippen MR) is 82.1 cm³/mol. The number of thiophene rings is 1. The quantitative estimate of drug-likeness (QED) is 0.809. The van der Waals surface area contributed by atoms with Gasteiger partial charge in [0.25, 0.3) is 5.91 Å². The third-order valence-corrected chi connectivity index (χ3v) is 5.03. The van der Waals surface area contributed by atoms with Crippen molar-refractivity contribution >= 4 is 58.0 Å². The van der Waals surface area contributed by atoms with E-state index in [9.17, 15) is 9.59 Å². The molecule has 20 heavy (non-hydrogen) atoms. The Balaban J connectivity index is 2.91. The van der Waals surface area contributed by atoms with E-state index in [1.165, 1.54) is 0 Å². The first-order valence-corrected chi connectivity index (χ1v) is 7.85. The number of halogens is 3. The van der Waals surface area contributed by atoms with Gasteiger partial charge >= 0.3 is 5.97 Å². The molecule has 1 heterocycles. The maximum atomic E-state index is 12.1. The maximum absolute atomic E-state index is 12.1. The van der Waals surface area contributed by atoms with Crippen LogP contribution in [0.1, 0.15) is 30.4 Å². The second kappa shape index (κ2) is 7.50. The molecule has 1 aromatic heterocycles. The second-order valence-corrected chi connectivity index (χ2v) is 6.66. The average Bonchev–Trinajstić information content (AvgIpc) is 2.63. The van der Waals surface area contributed by atoms with Gasteiger partial charge in [0.1, 0.15) is 15.3 Å². The number of rotatable bonds is 5. The Bertz CT molecular complexity index is 516. The highest BCUT2D eigenvalue weighted by Gasteiger charge is 2.28. The van der Waals surface area contributed by atoms with Crippen LogP contribution in [0.4, 0.5) is 0 Å². The highest BCUT2D eigenvalue weighted by atomic mass is 35.5. The van der Waals surface area contributed by atoms with E-state index in [-0.39, 0.29) is 31.8 Å². The van der Waals surface area contributed by atoms with Crippen LogP contribution in [0, 0.1) is 5.92 Å². The number of hydrogen-bond donors (Lipinski definition) is 1. The summed E-state index contributed by atoms with van der Waals surface area (Å²) in [4.78, 5) is 24.1. The van der Waals surface area contributed by atoms with Crippen molar-refractivity contribution < 1.29 is 14.3 Å². The minimum atomic E-state index is -0.752. The molecule has 8 heteroatoms. The number of carbonyl (C=O) groups is 2. The van der Waals surface area contributed by atoms with E-state index in [0.717, 1.165) is 11.3 Å². The molecule has 0 aliphatic rings. The minimum absolute atomic E-state index is 0.0885. The second-order valence-electron chi connectivity index (χ2n) is 4.28. The van der Waals surface area contributed by atoms with Gasteiger partial charge in [-0.1, -0.05) is 48.7 Å². The molecule has 0 fully saturated rings. The summed E-state index contributed by atoms with van der Waals surface area (Å²) in [5.41, 5.74) is 0. The molecular formula is C12H14Cl3NO3S. The van der Waals surface area contributed by atoms with Crippen LogP contribution in [0.15, 0.2) is 0 Å². The van der Waals surface area contributed by atoms with Crippen LogP contribution < -0.4 is 5.32 Å². The van der Waals surface area contributed by atoms with Gasteiger partial charge in [-0.05, 0) is 12.8 Å². The zero-order chi connectivity index (χ0) is 15.4. The number of carbonyl (C=O) groups excluding carboxylic acids is 2. The minimum Gasteiger partial charge on any atom is -0.464 e. The summed E-state index contributed by atoms with van der Waals surface area (Å²) in [5.74, 6) is -1.11. The van der Waals surface area contributed by atoms with Crippen LogP contribution in [0.2, 0.25) is 14.4 Å². The Labute approximate surface area is 136 Å². The standard InChI is InChI=1S/C12H14Cl3NO3S/c1-4-19-12(18)8(5(2)3)16-11(17)9-6(13)7(14)10(15)20-9/h5,8H,4H2,1-3H3,(H,16,17)/t8-/m0/s1. The lowest BCUT2D eigenvalue weighted by atomic mass is 10.0. The normalized spacial score (nSPS) is 12.3. The van der Waals surface area contributed by atoms with Gasteiger partial charge in [0.2, 0.25) is 0 Å². The van der Waals surface area contributed by atoms with Gasteiger partial charge in [0.05, 0.1) is 16.7 Å². The van der Waals surface area contributed by atoms with Crippen molar-refractivity contribution in [2.45, 2.75) is 26.8 Å². The van der Waals surface area contributed by atoms with Crippen molar-refractivity contribution in [3.05, 3.63) is 19.3 Å². The number of amides is 1. The van der Waals surface area contributed by atoms with E-state index in [1.807, 2.05) is 0 Å². The lowest BCUT2D eigenvalue weighted by molar-refractivity contribution is -0.146. The van der Waals surface area contributed by atoms with Crippen LogP contribution in [-0.4, -0.2) is 24.5 Å². The molecule has 1 aromatic rings. The zero-order valence-electron chi connectivity index (χ0n) is 11.1. The summed E-state index contributed by atoms with van der Waals surface area (Å²) in [5, 5.41) is 2.82. The summed E-state index contributed by atoms with van der Waals surface area (Å²) in [7, 11) is 0. The van der Waals surface area contributed by atoms with E-state index in [1.54, 1.807) is 20.8 Å². The first-order valence-electron chi connectivity index (χ1n) is 5.90. The Kier molecular flexibility index (Phi) is 6.58. The average molecular weight is 359 g/mol. The number of hydrogen-bond acceptors (Lipinski definition) is 4. The monoisotopic (exact) mass is 357 g/mol. The van der Waals surface area contributed by atoms with Gasteiger partial charge < -0.3 is 10.1 Å². The summed E-state index contributed by atoms with van der Waals surface area (Å²) in [6, 6.07) is -0.752. The molecule has 0 saturated carbocycles. The summed E-state index contributed by atoms with van der Waals surface area (Å²) >= 11 is 18.5. The molecule has 4 nitrogen and oxygen atoms in total. The fourth-order valence-corrected chi connectivity index (χ4v) is 3.15. The van der Waals surface area contributed by atoms with Gasteiger partial charge in [-0.3, -0.25) is 4.79 Å². The third-order valence-electron chi connectivity index (χ3n) is 2.46. The molecule has 1 amide bonds.